The van der Waals surface area contributed by atoms with E-state index in [-0.39, 0.29) is 12.8 Å². The van der Waals surface area contributed by atoms with E-state index in [0.717, 1.165) is 0 Å². The molecule has 0 saturated heterocycles. The number of hydrogen-bond acceptors (Lipinski definition) is 6. The van der Waals surface area contributed by atoms with Crippen molar-refractivity contribution < 1.29 is 39.6 Å². The van der Waals surface area contributed by atoms with Gasteiger partial charge in [-0.25, -0.2) is 4.79 Å². The van der Waals surface area contributed by atoms with Crippen LogP contribution in [0.15, 0.2) is 0 Å². The molecule has 19 heavy (non-hydrogen) atoms. The van der Waals surface area contributed by atoms with E-state index >= 15 is 0 Å². The summed E-state index contributed by atoms with van der Waals surface area (Å²) < 4.78 is 0. The van der Waals surface area contributed by atoms with Gasteiger partial charge in [-0.15, -0.1) is 0 Å². The van der Waals surface area contributed by atoms with Gasteiger partial charge < -0.3 is 31.9 Å². The Morgan fingerprint density at radius 2 is 1.47 bits per heavy atom. The molecule has 1 amide bonds. The minimum absolute atomic E-state index is 0.0213. The molecule has 2 unspecified atom stereocenters. The van der Waals surface area contributed by atoms with Gasteiger partial charge in [-0.1, -0.05) is 0 Å². The second-order valence-electron chi connectivity index (χ2n) is 3.40. The largest absolute Gasteiger partial charge is 0.481 e. The van der Waals surface area contributed by atoms with Crippen LogP contribution in [0.2, 0.25) is 0 Å². The number of carboxylic acids is 3. The van der Waals surface area contributed by atoms with Gasteiger partial charge in [-0.05, 0) is 6.42 Å². The second-order valence-corrected chi connectivity index (χ2v) is 3.40. The third-order valence-electron chi connectivity index (χ3n) is 1.67. The summed E-state index contributed by atoms with van der Waals surface area (Å²) in [5, 5.41) is 32.4. The van der Waals surface area contributed by atoms with E-state index in [1.807, 2.05) is 0 Å². The zero-order chi connectivity index (χ0) is 15.6. The number of aliphatic hydroxyl groups is 1. The molecule has 8 N–H and O–H groups in total. The summed E-state index contributed by atoms with van der Waals surface area (Å²) in [7, 11) is 0. The predicted octanol–water partition coefficient (Wildman–Crippen LogP) is -2.43. The molecule has 2 atom stereocenters. The van der Waals surface area contributed by atoms with Gasteiger partial charge in [0.25, 0.3) is 0 Å². The molecule has 0 rings (SSSR count). The highest BCUT2D eigenvalue weighted by Gasteiger charge is 2.16. The summed E-state index contributed by atoms with van der Waals surface area (Å²) in [6, 6.07) is -0.979. The van der Waals surface area contributed by atoms with Crippen LogP contribution in [0, 0.1) is 0 Å². The highest BCUT2D eigenvalue weighted by atomic mass is 16.4. The van der Waals surface area contributed by atoms with Gasteiger partial charge in [0.2, 0.25) is 5.91 Å². The van der Waals surface area contributed by atoms with E-state index < -0.39 is 42.4 Å². The fourth-order valence-corrected chi connectivity index (χ4v) is 0.674. The molecule has 0 heterocycles. The van der Waals surface area contributed by atoms with Crippen molar-refractivity contribution in [2.24, 2.45) is 11.5 Å². The molecule has 10 nitrogen and oxygen atoms in total. The summed E-state index contributed by atoms with van der Waals surface area (Å²) in [6.07, 6.45) is -2.42. The summed E-state index contributed by atoms with van der Waals surface area (Å²) in [5.41, 5.74) is 9.81. The lowest BCUT2D eigenvalue weighted by molar-refractivity contribution is -0.152. The molecule has 0 radical (unpaired) electrons. The number of hydrogen-bond donors (Lipinski definition) is 6. The summed E-state index contributed by atoms with van der Waals surface area (Å²) >= 11 is 0. The normalized spacial score (nSPS) is 12.5. The number of aliphatic carboxylic acids is 3. The lowest BCUT2D eigenvalue weighted by Crippen LogP contribution is -2.31. The van der Waals surface area contributed by atoms with Crippen LogP contribution in [0.1, 0.15) is 19.3 Å². The zero-order valence-corrected chi connectivity index (χ0v) is 9.85. The van der Waals surface area contributed by atoms with Gasteiger partial charge in [0.15, 0.2) is 6.10 Å². The first-order valence-electron chi connectivity index (χ1n) is 4.97. The van der Waals surface area contributed by atoms with Gasteiger partial charge in [-0.2, -0.15) is 0 Å². The summed E-state index contributed by atoms with van der Waals surface area (Å²) in [4.78, 5) is 39.5. The minimum atomic E-state index is -1.79. The Morgan fingerprint density at radius 1 is 1.00 bits per heavy atom. The Morgan fingerprint density at radius 3 is 1.68 bits per heavy atom. The lowest BCUT2D eigenvalue weighted by atomic mass is 10.2. The van der Waals surface area contributed by atoms with Gasteiger partial charge in [0, 0.05) is 6.42 Å². The van der Waals surface area contributed by atoms with Gasteiger partial charge >= 0.3 is 17.9 Å². The molecule has 0 aromatic rings. The number of rotatable bonds is 7. The number of primary amides is 1. The quantitative estimate of drug-likeness (QED) is 0.293. The molecule has 110 valence electrons. The minimum Gasteiger partial charge on any atom is -0.481 e. The van der Waals surface area contributed by atoms with Gasteiger partial charge in [0.05, 0.1) is 6.42 Å². The van der Waals surface area contributed by atoms with Crippen molar-refractivity contribution in [2.45, 2.75) is 31.4 Å². The number of nitrogens with two attached hydrogens (primary N) is 2. The third-order valence-corrected chi connectivity index (χ3v) is 1.67. The standard InChI is InChI=1S/C5H10N2O3.C4H6O5/c6-3(5(9)10)1-2-4(7)8;5-2(4(8)9)1-3(6)7/h3H,1-2,6H2,(H2,7,8)(H,9,10);2,5H,1H2,(H,6,7)(H,8,9). The van der Waals surface area contributed by atoms with Crippen molar-refractivity contribution in [1.82, 2.24) is 0 Å². The Bertz CT molecular complexity index is 343. The molecule has 0 aromatic carbocycles. The maximum Gasteiger partial charge on any atom is 0.333 e. The number of carboxylic acid groups (broad SMARTS) is 3. The van der Waals surface area contributed by atoms with E-state index in [9.17, 15) is 19.2 Å². The zero-order valence-electron chi connectivity index (χ0n) is 9.85. The highest BCUT2D eigenvalue weighted by molar-refractivity contribution is 5.79. The van der Waals surface area contributed by atoms with E-state index in [1.54, 1.807) is 0 Å². The van der Waals surface area contributed by atoms with Crippen LogP contribution >= 0.6 is 0 Å². The van der Waals surface area contributed by atoms with Crippen molar-refractivity contribution in [2.75, 3.05) is 0 Å². The number of amides is 1. The van der Waals surface area contributed by atoms with E-state index in [4.69, 9.17) is 31.9 Å². The molecule has 0 saturated carbocycles. The van der Waals surface area contributed by atoms with Gasteiger partial charge in [-0.3, -0.25) is 14.4 Å². The third kappa shape index (κ3) is 13.7. The monoisotopic (exact) mass is 280 g/mol. The van der Waals surface area contributed by atoms with Crippen molar-refractivity contribution in [1.29, 1.82) is 0 Å². The Labute approximate surface area is 107 Å². The number of carbonyl (C=O) groups excluding carboxylic acids is 1. The molecular formula is C9H16N2O8. The summed E-state index contributed by atoms with van der Waals surface area (Å²) in [6.45, 7) is 0. The van der Waals surface area contributed by atoms with E-state index in [0.29, 0.717) is 0 Å². The van der Waals surface area contributed by atoms with Crippen molar-refractivity contribution in [3.05, 3.63) is 0 Å². The van der Waals surface area contributed by atoms with Crippen LogP contribution in [0.5, 0.6) is 0 Å². The van der Waals surface area contributed by atoms with Crippen molar-refractivity contribution in [3.63, 3.8) is 0 Å². The Kier molecular flexibility index (Phi) is 9.87. The van der Waals surface area contributed by atoms with Crippen LogP contribution < -0.4 is 11.5 Å². The maximum absolute atomic E-state index is 10.1. The molecule has 0 spiro atoms. The fraction of sp³-hybridized carbons (Fsp3) is 0.556. The van der Waals surface area contributed by atoms with E-state index in [1.165, 1.54) is 0 Å². The molecule has 0 fully saturated rings. The van der Waals surface area contributed by atoms with Crippen LogP contribution in [0.3, 0.4) is 0 Å². The average molecular weight is 280 g/mol. The molecule has 0 aliphatic rings. The van der Waals surface area contributed by atoms with Crippen LogP contribution in [0.25, 0.3) is 0 Å². The molecule has 0 aromatic heterocycles. The predicted molar refractivity (Wildman–Crippen MR) is 59.9 cm³/mol. The van der Waals surface area contributed by atoms with Crippen LogP contribution in [0.4, 0.5) is 0 Å². The topological polar surface area (TPSA) is 201 Å². The highest BCUT2D eigenvalue weighted by Crippen LogP contribution is 1.92. The van der Waals surface area contributed by atoms with Crippen molar-refractivity contribution in [3.8, 4) is 0 Å². The summed E-state index contributed by atoms with van der Waals surface area (Å²) in [5.74, 6) is -4.49. The van der Waals surface area contributed by atoms with Crippen LogP contribution in [-0.4, -0.2) is 56.4 Å². The molecule has 10 heteroatoms. The smallest absolute Gasteiger partial charge is 0.333 e. The van der Waals surface area contributed by atoms with E-state index in [2.05, 4.69) is 0 Å². The van der Waals surface area contributed by atoms with Crippen LogP contribution in [-0.2, 0) is 19.2 Å². The first-order chi connectivity index (χ1) is 8.57. The molecule has 0 aliphatic carbocycles. The van der Waals surface area contributed by atoms with Gasteiger partial charge in [0.1, 0.15) is 6.04 Å². The fourth-order valence-electron chi connectivity index (χ4n) is 0.674. The average Bonchev–Trinajstić information content (AvgIpc) is 2.25. The maximum atomic E-state index is 10.1. The molecule has 0 bridgehead atoms. The SMILES string of the molecule is NC(=O)CCC(N)C(=O)O.O=C(O)CC(O)C(=O)O. The molecule has 0 aliphatic heterocycles. The first-order valence-corrected chi connectivity index (χ1v) is 4.97. The number of carbonyl (C=O) groups is 4. The lowest BCUT2D eigenvalue weighted by Gasteiger charge is -2.01. The molecular weight excluding hydrogens is 264 g/mol. The number of aliphatic hydroxyl groups excluding tert-OH is 1. The Balaban J connectivity index is 0. The second kappa shape index (κ2) is 9.79. The Hall–Kier alpha value is -2.20. The van der Waals surface area contributed by atoms with Crippen molar-refractivity contribution >= 4 is 23.8 Å². The first kappa shape index (κ1) is 19.1.